The number of rotatable bonds is 9. The van der Waals surface area contributed by atoms with Gasteiger partial charge in [-0.3, -0.25) is 19.3 Å². The lowest BCUT2D eigenvalue weighted by molar-refractivity contribution is -0.129. The van der Waals surface area contributed by atoms with Crippen molar-refractivity contribution in [2.45, 2.75) is 13.0 Å². The van der Waals surface area contributed by atoms with E-state index in [4.69, 9.17) is 19.6 Å². The second-order valence-electron chi connectivity index (χ2n) is 8.18. The number of hydrogen-bond donors (Lipinski definition) is 2. The number of benzene rings is 1. The van der Waals surface area contributed by atoms with Gasteiger partial charge in [-0.1, -0.05) is 12.1 Å². The lowest BCUT2D eigenvalue weighted by atomic mass is 9.95. The predicted octanol–water partition coefficient (Wildman–Crippen LogP) is 1.36. The number of morpholine rings is 1. The molecule has 10 heteroatoms. The monoisotopic (exact) mass is 469 g/mol. The fraction of sp³-hybridized carbons (Fsp3) is 0.375. The Morgan fingerprint density at radius 1 is 1.12 bits per heavy atom. The Hall–Kier alpha value is -3.63. The minimum atomic E-state index is -0.809. The molecule has 2 aliphatic rings. The molecule has 1 aromatic heterocycles. The van der Waals surface area contributed by atoms with Crippen molar-refractivity contribution in [2.75, 3.05) is 46.0 Å². The molecule has 3 N–H and O–H groups in total. The number of aliphatic hydroxyl groups excluding tert-OH is 1. The fourth-order valence-electron chi connectivity index (χ4n) is 4.13. The average molecular weight is 469 g/mol. The van der Waals surface area contributed by atoms with Crippen LogP contribution < -0.4 is 10.5 Å². The number of nitrogens with two attached hydrogens (primary N) is 1. The van der Waals surface area contributed by atoms with Crippen molar-refractivity contribution in [1.29, 1.82) is 0 Å². The van der Waals surface area contributed by atoms with E-state index >= 15 is 0 Å². The van der Waals surface area contributed by atoms with E-state index in [-0.39, 0.29) is 17.9 Å². The van der Waals surface area contributed by atoms with Gasteiger partial charge in [-0.25, -0.2) is 0 Å². The van der Waals surface area contributed by atoms with Gasteiger partial charge in [0, 0.05) is 26.2 Å². The van der Waals surface area contributed by atoms with Crippen LogP contribution in [0.25, 0.3) is 0 Å². The summed E-state index contributed by atoms with van der Waals surface area (Å²) in [7, 11) is 0. The van der Waals surface area contributed by atoms with Crippen LogP contribution in [0.15, 0.2) is 52.1 Å². The molecule has 1 fully saturated rings. The van der Waals surface area contributed by atoms with E-state index in [1.807, 2.05) is 0 Å². The highest BCUT2D eigenvalue weighted by Crippen LogP contribution is 2.39. The summed E-state index contributed by atoms with van der Waals surface area (Å²) in [6.45, 7) is 5.05. The highest BCUT2D eigenvalue weighted by Gasteiger charge is 2.44. The van der Waals surface area contributed by atoms with Gasteiger partial charge < -0.3 is 29.6 Å². The predicted molar refractivity (Wildman–Crippen MR) is 120 cm³/mol. The minimum Gasteiger partial charge on any atom is -0.503 e. The lowest BCUT2D eigenvalue weighted by Crippen LogP contribution is -2.43. The van der Waals surface area contributed by atoms with E-state index in [2.05, 4.69) is 4.90 Å². The summed E-state index contributed by atoms with van der Waals surface area (Å²) in [5.74, 6) is -1.34. The van der Waals surface area contributed by atoms with Gasteiger partial charge in [-0.15, -0.1) is 0 Å². The molecule has 0 aliphatic carbocycles. The summed E-state index contributed by atoms with van der Waals surface area (Å²) in [5.41, 5.74) is 5.70. The van der Waals surface area contributed by atoms with Gasteiger partial charge in [0.15, 0.2) is 18.1 Å². The summed E-state index contributed by atoms with van der Waals surface area (Å²) in [6.07, 6.45) is 0. The Morgan fingerprint density at radius 2 is 1.82 bits per heavy atom. The maximum atomic E-state index is 13.3. The van der Waals surface area contributed by atoms with E-state index in [0.717, 1.165) is 13.1 Å². The van der Waals surface area contributed by atoms with E-state index in [0.29, 0.717) is 43.4 Å². The number of aliphatic hydroxyl groups is 1. The second-order valence-corrected chi connectivity index (χ2v) is 8.18. The zero-order valence-corrected chi connectivity index (χ0v) is 18.9. The van der Waals surface area contributed by atoms with Crippen LogP contribution in [0.1, 0.15) is 27.9 Å². The summed E-state index contributed by atoms with van der Waals surface area (Å²) in [4.78, 5) is 41.0. The van der Waals surface area contributed by atoms with E-state index in [1.165, 1.54) is 11.0 Å². The van der Waals surface area contributed by atoms with Gasteiger partial charge in [-0.05, 0) is 36.8 Å². The molecule has 4 rings (SSSR count). The minimum absolute atomic E-state index is 0.0351. The molecule has 180 valence electrons. The molecule has 10 nitrogen and oxygen atoms in total. The first kappa shape index (κ1) is 23.5. The highest BCUT2D eigenvalue weighted by molar-refractivity contribution is 6.15. The molecule has 0 unspecified atom stereocenters. The first-order valence-corrected chi connectivity index (χ1v) is 11.0. The van der Waals surface area contributed by atoms with Crippen molar-refractivity contribution in [3.05, 3.63) is 64.8 Å². The van der Waals surface area contributed by atoms with E-state index in [9.17, 15) is 19.5 Å². The Bertz CT molecular complexity index is 1100. The lowest BCUT2D eigenvalue weighted by Gasteiger charge is -2.31. The normalized spacial score (nSPS) is 19.0. The standard InChI is InChI=1S/C24H27N3O7/c1-15-2-7-18(34-15)22(29)20-21(16-3-5-17(6-4-16)33-14-19(25)28)27(24(31)23(20)30)9-8-26-10-12-32-13-11-26/h2-7,21,30H,8-14H2,1H3,(H2,25,28)/t21-/m1/s1. The summed E-state index contributed by atoms with van der Waals surface area (Å²) < 4.78 is 16.2. The Balaban J connectivity index is 1.63. The molecule has 34 heavy (non-hydrogen) atoms. The average Bonchev–Trinajstić information content (AvgIpc) is 3.38. The van der Waals surface area contributed by atoms with Gasteiger partial charge in [0.1, 0.15) is 11.5 Å². The molecule has 0 saturated carbocycles. The van der Waals surface area contributed by atoms with E-state index < -0.39 is 29.4 Å². The van der Waals surface area contributed by atoms with Crippen molar-refractivity contribution in [2.24, 2.45) is 5.73 Å². The number of hydrogen-bond acceptors (Lipinski definition) is 8. The first-order valence-electron chi connectivity index (χ1n) is 11.0. The van der Waals surface area contributed by atoms with Crippen LogP contribution in [0.5, 0.6) is 5.75 Å². The Kier molecular flexibility index (Phi) is 6.99. The molecule has 0 spiro atoms. The van der Waals surface area contributed by atoms with Crippen LogP contribution in [0.3, 0.4) is 0 Å². The summed E-state index contributed by atoms with van der Waals surface area (Å²) in [6, 6.07) is 8.99. The Morgan fingerprint density at radius 3 is 2.44 bits per heavy atom. The van der Waals surface area contributed by atoms with Crippen LogP contribution >= 0.6 is 0 Å². The van der Waals surface area contributed by atoms with Gasteiger partial charge >= 0.3 is 0 Å². The number of aryl methyl sites for hydroxylation is 1. The third kappa shape index (κ3) is 4.97. The molecule has 2 amide bonds. The fourth-order valence-corrected chi connectivity index (χ4v) is 4.13. The van der Waals surface area contributed by atoms with Gasteiger partial charge in [-0.2, -0.15) is 0 Å². The highest BCUT2D eigenvalue weighted by atomic mass is 16.5. The van der Waals surface area contributed by atoms with Crippen molar-refractivity contribution in [3.8, 4) is 5.75 Å². The summed E-state index contributed by atoms with van der Waals surface area (Å²) >= 11 is 0. The maximum Gasteiger partial charge on any atom is 0.290 e. The van der Waals surface area contributed by atoms with Crippen LogP contribution in [0.2, 0.25) is 0 Å². The third-order valence-corrected chi connectivity index (χ3v) is 5.85. The molecule has 0 radical (unpaired) electrons. The summed E-state index contributed by atoms with van der Waals surface area (Å²) in [5, 5.41) is 10.8. The largest absolute Gasteiger partial charge is 0.503 e. The van der Waals surface area contributed by atoms with Crippen LogP contribution in [-0.2, 0) is 14.3 Å². The molecule has 3 heterocycles. The number of carbonyl (C=O) groups is 3. The molecular weight excluding hydrogens is 442 g/mol. The topological polar surface area (TPSA) is 136 Å². The second kappa shape index (κ2) is 10.1. The number of ketones is 1. The first-order chi connectivity index (χ1) is 16.3. The smallest absolute Gasteiger partial charge is 0.290 e. The molecule has 1 saturated heterocycles. The van der Waals surface area contributed by atoms with Crippen LogP contribution in [0, 0.1) is 6.92 Å². The van der Waals surface area contributed by atoms with Gasteiger partial charge in [0.2, 0.25) is 5.78 Å². The third-order valence-electron chi connectivity index (χ3n) is 5.85. The number of carbonyl (C=O) groups excluding carboxylic acids is 3. The number of primary amides is 1. The Labute approximate surface area is 196 Å². The maximum absolute atomic E-state index is 13.3. The molecular formula is C24H27N3O7. The van der Waals surface area contributed by atoms with Gasteiger partial charge in [0.25, 0.3) is 11.8 Å². The number of Topliss-reactive ketones (excluding diaryl/α,β-unsaturated/α-hetero) is 1. The van der Waals surface area contributed by atoms with E-state index in [1.54, 1.807) is 37.3 Å². The van der Waals surface area contributed by atoms with Crippen molar-refractivity contribution in [1.82, 2.24) is 9.80 Å². The van der Waals surface area contributed by atoms with Crippen molar-refractivity contribution in [3.63, 3.8) is 0 Å². The molecule has 1 aromatic carbocycles. The van der Waals surface area contributed by atoms with Crippen LogP contribution in [-0.4, -0.2) is 78.5 Å². The molecule has 1 atom stereocenters. The number of amides is 2. The van der Waals surface area contributed by atoms with Gasteiger partial charge in [0.05, 0.1) is 24.8 Å². The number of nitrogens with zero attached hydrogens (tertiary/aromatic N) is 2. The quantitative estimate of drug-likeness (QED) is 0.526. The number of ether oxygens (including phenoxy) is 2. The van der Waals surface area contributed by atoms with Crippen molar-refractivity contribution < 1.29 is 33.4 Å². The SMILES string of the molecule is Cc1ccc(C(=O)C2=C(O)C(=O)N(CCN3CCOCC3)[C@@H]2c2ccc(OCC(N)=O)cc2)o1. The molecule has 2 aliphatic heterocycles. The molecule has 2 aromatic rings. The molecule has 0 bridgehead atoms. The van der Waals surface area contributed by atoms with Crippen LogP contribution in [0.4, 0.5) is 0 Å². The van der Waals surface area contributed by atoms with Crippen molar-refractivity contribution >= 4 is 17.6 Å². The zero-order valence-electron chi connectivity index (χ0n) is 18.9. The number of furan rings is 1. The zero-order chi connectivity index (χ0) is 24.2.